The van der Waals surface area contributed by atoms with E-state index >= 15 is 0 Å². The quantitative estimate of drug-likeness (QED) is 0.729. The molecule has 1 unspecified atom stereocenters. The molecule has 3 heteroatoms. The van der Waals surface area contributed by atoms with Crippen LogP contribution in [0.5, 0.6) is 0 Å². The van der Waals surface area contributed by atoms with Gasteiger partial charge in [-0.05, 0) is 41.8 Å². The SMILES string of the molecule is C=Cc1cc(F)ccc1CNc1ccccc1C(C)Cl. The van der Waals surface area contributed by atoms with Crippen molar-refractivity contribution in [3.63, 3.8) is 0 Å². The summed E-state index contributed by atoms with van der Waals surface area (Å²) >= 11 is 6.16. The fourth-order valence-electron chi connectivity index (χ4n) is 2.11. The van der Waals surface area contributed by atoms with E-state index in [1.165, 1.54) is 12.1 Å². The first-order valence-corrected chi connectivity index (χ1v) is 6.93. The molecule has 0 aromatic heterocycles. The third-order valence-corrected chi connectivity index (χ3v) is 3.42. The minimum Gasteiger partial charge on any atom is -0.381 e. The highest BCUT2D eigenvalue weighted by molar-refractivity contribution is 6.21. The van der Waals surface area contributed by atoms with Crippen molar-refractivity contribution in [1.29, 1.82) is 0 Å². The maximum atomic E-state index is 13.2. The van der Waals surface area contributed by atoms with E-state index in [0.29, 0.717) is 6.54 Å². The minimum atomic E-state index is -0.251. The summed E-state index contributed by atoms with van der Waals surface area (Å²) < 4.78 is 13.2. The first-order chi connectivity index (χ1) is 9.61. The molecule has 1 nitrogen and oxygen atoms in total. The number of alkyl halides is 1. The van der Waals surface area contributed by atoms with Crippen LogP contribution in [0.15, 0.2) is 49.0 Å². The molecule has 2 aromatic carbocycles. The molecule has 104 valence electrons. The van der Waals surface area contributed by atoms with Crippen molar-refractivity contribution < 1.29 is 4.39 Å². The second kappa shape index (κ2) is 6.58. The maximum absolute atomic E-state index is 13.2. The molecular formula is C17H17ClFN. The number of benzene rings is 2. The Morgan fingerprint density at radius 1 is 1.30 bits per heavy atom. The van der Waals surface area contributed by atoms with E-state index in [0.717, 1.165) is 22.4 Å². The number of nitrogens with one attached hydrogen (secondary N) is 1. The van der Waals surface area contributed by atoms with Crippen LogP contribution in [0.4, 0.5) is 10.1 Å². The van der Waals surface area contributed by atoms with E-state index in [-0.39, 0.29) is 11.2 Å². The average Bonchev–Trinajstić information content (AvgIpc) is 2.46. The zero-order chi connectivity index (χ0) is 14.5. The summed E-state index contributed by atoms with van der Waals surface area (Å²) in [5.74, 6) is -0.251. The fourth-order valence-corrected chi connectivity index (χ4v) is 2.30. The Kier molecular flexibility index (Phi) is 4.80. The summed E-state index contributed by atoms with van der Waals surface area (Å²) in [6.07, 6.45) is 1.66. The van der Waals surface area contributed by atoms with Gasteiger partial charge in [0.05, 0.1) is 5.38 Å². The molecule has 1 atom stereocenters. The summed E-state index contributed by atoms with van der Waals surface area (Å²) in [6, 6.07) is 12.6. The molecule has 0 spiro atoms. The van der Waals surface area contributed by atoms with Gasteiger partial charge in [-0.25, -0.2) is 4.39 Å². The van der Waals surface area contributed by atoms with Gasteiger partial charge in [0, 0.05) is 12.2 Å². The highest BCUT2D eigenvalue weighted by atomic mass is 35.5. The topological polar surface area (TPSA) is 12.0 Å². The number of rotatable bonds is 5. The van der Waals surface area contributed by atoms with Crippen LogP contribution in [0.2, 0.25) is 0 Å². The molecule has 2 rings (SSSR count). The van der Waals surface area contributed by atoms with E-state index in [1.807, 2.05) is 31.2 Å². The van der Waals surface area contributed by atoms with Crippen LogP contribution in [0, 0.1) is 5.82 Å². The van der Waals surface area contributed by atoms with Gasteiger partial charge in [0.25, 0.3) is 0 Å². The van der Waals surface area contributed by atoms with Gasteiger partial charge in [0.1, 0.15) is 5.82 Å². The molecule has 20 heavy (non-hydrogen) atoms. The number of anilines is 1. The summed E-state index contributed by atoms with van der Waals surface area (Å²) in [7, 11) is 0. The predicted molar refractivity (Wildman–Crippen MR) is 84.5 cm³/mol. The molecule has 0 radical (unpaired) electrons. The molecule has 2 aromatic rings. The lowest BCUT2D eigenvalue weighted by molar-refractivity contribution is 0.626. The van der Waals surface area contributed by atoms with E-state index in [4.69, 9.17) is 11.6 Å². The van der Waals surface area contributed by atoms with Crippen molar-refractivity contribution >= 4 is 23.4 Å². The van der Waals surface area contributed by atoms with Crippen molar-refractivity contribution in [3.8, 4) is 0 Å². The first kappa shape index (κ1) is 14.6. The summed E-state index contributed by atoms with van der Waals surface area (Å²) in [4.78, 5) is 0. The first-order valence-electron chi connectivity index (χ1n) is 6.49. The Morgan fingerprint density at radius 2 is 2.05 bits per heavy atom. The van der Waals surface area contributed by atoms with Crippen LogP contribution >= 0.6 is 11.6 Å². The highest BCUT2D eigenvalue weighted by Crippen LogP contribution is 2.27. The predicted octanol–water partition coefficient (Wildman–Crippen LogP) is 5.38. The lowest BCUT2D eigenvalue weighted by Crippen LogP contribution is -2.04. The smallest absolute Gasteiger partial charge is 0.123 e. The van der Waals surface area contributed by atoms with Crippen LogP contribution in [0.3, 0.4) is 0 Å². The van der Waals surface area contributed by atoms with Crippen LogP contribution in [-0.2, 0) is 6.54 Å². The largest absolute Gasteiger partial charge is 0.381 e. The average molecular weight is 290 g/mol. The van der Waals surface area contributed by atoms with Crippen LogP contribution in [-0.4, -0.2) is 0 Å². The van der Waals surface area contributed by atoms with Gasteiger partial charge in [-0.3, -0.25) is 0 Å². The molecule has 0 saturated heterocycles. The van der Waals surface area contributed by atoms with Crippen LogP contribution < -0.4 is 5.32 Å². The van der Waals surface area contributed by atoms with Crippen molar-refractivity contribution in [1.82, 2.24) is 0 Å². The monoisotopic (exact) mass is 289 g/mol. The Labute approximate surface area is 124 Å². The van der Waals surface area contributed by atoms with Gasteiger partial charge in [0.15, 0.2) is 0 Å². The molecule has 0 amide bonds. The van der Waals surface area contributed by atoms with Crippen molar-refractivity contribution in [2.75, 3.05) is 5.32 Å². The van der Waals surface area contributed by atoms with Crippen molar-refractivity contribution in [3.05, 3.63) is 71.6 Å². The lowest BCUT2D eigenvalue weighted by atomic mass is 10.1. The third kappa shape index (κ3) is 3.40. The second-order valence-electron chi connectivity index (χ2n) is 4.60. The van der Waals surface area contributed by atoms with Gasteiger partial charge < -0.3 is 5.32 Å². The second-order valence-corrected chi connectivity index (χ2v) is 5.26. The molecule has 0 saturated carbocycles. The highest BCUT2D eigenvalue weighted by Gasteiger charge is 2.08. The number of hydrogen-bond donors (Lipinski definition) is 1. The van der Waals surface area contributed by atoms with E-state index < -0.39 is 0 Å². The normalized spacial score (nSPS) is 11.9. The minimum absolute atomic E-state index is 0.0641. The van der Waals surface area contributed by atoms with E-state index in [9.17, 15) is 4.39 Å². The van der Waals surface area contributed by atoms with Gasteiger partial charge in [-0.1, -0.05) is 36.9 Å². The van der Waals surface area contributed by atoms with Gasteiger partial charge in [-0.2, -0.15) is 0 Å². The molecular weight excluding hydrogens is 273 g/mol. The van der Waals surface area contributed by atoms with E-state index in [2.05, 4.69) is 11.9 Å². The molecule has 0 aliphatic heterocycles. The molecule has 0 fully saturated rings. The van der Waals surface area contributed by atoms with Gasteiger partial charge >= 0.3 is 0 Å². The molecule has 0 heterocycles. The number of halogens is 2. The van der Waals surface area contributed by atoms with Crippen LogP contribution in [0.25, 0.3) is 6.08 Å². The number of para-hydroxylation sites is 1. The van der Waals surface area contributed by atoms with Crippen molar-refractivity contribution in [2.24, 2.45) is 0 Å². The maximum Gasteiger partial charge on any atom is 0.123 e. The Balaban J connectivity index is 2.19. The Bertz CT molecular complexity index is 608. The molecule has 0 aliphatic carbocycles. The third-order valence-electron chi connectivity index (χ3n) is 3.19. The van der Waals surface area contributed by atoms with Gasteiger partial charge in [-0.15, -0.1) is 11.6 Å². The van der Waals surface area contributed by atoms with Gasteiger partial charge in [0.2, 0.25) is 0 Å². The zero-order valence-electron chi connectivity index (χ0n) is 11.4. The Morgan fingerprint density at radius 3 is 2.75 bits per heavy atom. The summed E-state index contributed by atoms with van der Waals surface area (Å²) in [6.45, 7) is 6.26. The van der Waals surface area contributed by atoms with Crippen molar-refractivity contribution in [2.45, 2.75) is 18.8 Å². The molecule has 0 bridgehead atoms. The summed E-state index contributed by atoms with van der Waals surface area (Å²) in [5, 5.41) is 3.29. The lowest BCUT2D eigenvalue weighted by Gasteiger charge is -2.14. The standard InChI is InChI=1S/C17H17ClFN/c1-3-13-10-15(19)9-8-14(13)11-20-17-7-5-4-6-16(17)12(2)18/h3-10,12,20H,1,11H2,2H3. The zero-order valence-corrected chi connectivity index (χ0v) is 12.1. The molecule has 0 aliphatic rings. The fraction of sp³-hybridized carbons (Fsp3) is 0.176. The van der Waals surface area contributed by atoms with Crippen LogP contribution in [0.1, 0.15) is 29.0 Å². The summed E-state index contributed by atoms with van der Waals surface area (Å²) in [5.41, 5.74) is 3.85. The van der Waals surface area contributed by atoms with E-state index in [1.54, 1.807) is 12.1 Å². The Hall–Kier alpha value is -1.80. The number of hydrogen-bond acceptors (Lipinski definition) is 1. The molecule has 1 N–H and O–H groups in total.